The van der Waals surface area contributed by atoms with E-state index in [1.54, 1.807) is 12.1 Å². The largest absolute Gasteiger partial charge is 0.490 e. The summed E-state index contributed by atoms with van der Waals surface area (Å²) in [5.74, 6) is 2.41. The molecule has 0 radical (unpaired) electrons. The third-order valence-corrected chi connectivity index (χ3v) is 11.6. The van der Waals surface area contributed by atoms with E-state index in [-0.39, 0.29) is 22.7 Å². The van der Waals surface area contributed by atoms with Gasteiger partial charge >= 0.3 is 5.97 Å². The van der Waals surface area contributed by atoms with Crippen LogP contribution in [0, 0.1) is 11.8 Å². The molecule has 10 heteroatoms. The highest BCUT2D eigenvalue weighted by Crippen LogP contribution is 2.47. The maximum atomic E-state index is 12.3. The first-order valence-corrected chi connectivity index (χ1v) is 17.7. The smallest absolute Gasteiger partial charge is 0.309 e. The monoisotopic (exact) mass is 640 g/mol. The fraction of sp³-hybridized carbons (Fsp3) is 0.424. The van der Waals surface area contributed by atoms with E-state index < -0.39 is 10.0 Å². The summed E-state index contributed by atoms with van der Waals surface area (Å²) in [6.07, 6.45) is 5.56. The Morgan fingerprint density at radius 3 is 2.74 bits per heavy atom. The Morgan fingerprint density at radius 2 is 1.98 bits per heavy atom. The molecule has 2 aliphatic carbocycles. The molecule has 228 valence electrons. The number of thioether (sulfide) groups is 1. The van der Waals surface area contributed by atoms with E-state index in [2.05, 4.69) is 29.2 Å². The Balaban J connectivity index is 1.25. The number of hydrogen-bond acceptors (Lipinski definition) is 7. The van der Waals surface area contributed by atoms with Gasteiger partial charge in [-0.1, -0.05) is 29.8 Å². The summed E-state index contributed by atoms with van der Waals surface area (Å²) in [6, 6.07) is 19.3. The zero-order valence-corrected chi connectivity index (χ0v) is 26.6. The molecule has 3 atom stereocenters. The van der Waals surface area contributed by atoms with Crippen LogP contribution >= 0.6 is 23.4 Å². The first-order valence-electron chi connectivity index (χ1n) is 14.8. The number of nitrogens with zero attached hydrogens (tertiary/aromatic N) is 1. The van der Waals surface area contributed by atoms with Crippen LogP contribution in [0.4, 0.5) is 5.69 Å². The quantitative estimate of drug-likeness (QED) is 0.238. The maximum absolute atomic E-state index is 12.3. The molecule has 1 heterocycles. The molecule has 0 bridgehead atoms. The number of aryl methyl sites for hydroxylation is 1. The van der Waals surface area contributed by atoms with E-state index in [1.165, 1.54) is 24.3 Å². The van der Waals surface area contributed by atoms with Gasteiger partial charge in [-0.2, -0.15) is 0 Å². The fourth-order valence-corrected chi connectivity index (χ4v) is 8.82. The number of carbonyl (C=O) groups is 1. The molecule has 1 saturated carbocycles. The van der Waals surface area contributed by atoms with Crippen LogP contribution in [0.5, 0.6) is 5.75 Å². The summed E-state index contributed by atoms with van der Waals surface area (Å²) in [7, 11) is -2.46. The van der Waals surface area contributed by atoms with Crippen molar-refractivity contribution in [2.45, 2.75) is 53.7 Å². The van der Waals surface area contributed by atoms with E-state index in [0.29, 0.717) is 24.2 Å². The molecule has 2 N–H and O–H groups in total. The van der Waals surface area contributed by atoms with Crippen molar-refractivity contribution in [3.63, 3.8) is 0 Å². The van der Waals surface area contributed by atoms with Crippen LogP contribution in [0.25, 0.3) is 0 Å². The van der Waals surface area contributed by atoms with Crippen LogP contribution in [0.1, 0.15) is 42.4 Å². The van der Waals surface area contributed by atoms with Gasteiger partial charge in [-0.25, -0.2) is 13.6 Å². The minimum absolute atomic E-state index is 0.0965. The van der Waals surface area contributed by atoms with Crippen molar-refractivity contribution in [2.75, 3.05) is 37.5 Å². The number of hydrogen-bond donors (Lipinski definition) is 1. The lowest BCUT2D eigenvalue weighted by atomic mass is 9.69. The highest BCUT2D eigenvalue weighted by molar-refractivity contribution is 7.99. The van der Waals surface area contributed by atoms with E-state index in [1.807, 2.05) is 30.0 Å². The number of esters is 1. The number of carbonyl (C=O) groups excluding carboxylic acids is 1. The first kappa shape index (κ1) is 30.3. The van der Waals surface area contributed by atoms with Gasteiger partial charge in [0.1, 0.15) is 5.75 Å². The fourth-order valence-electron chi connectivity index (χ4n) is 6.84. The van der Waals surface area contributed by atoms with E-state index >= 15 is 0 Å². The summed E-state index contributed by atoms with van der Waals surface area (Å²) in [6.45, 7) is 2.06. The van der Waals surface area contributed by atoms with Gasteiger partial charge in [0.15, 0.2) is 0 Å². The van der Waals surface area contributed by atoms with Gasteiger partial charge in [-0.3, -0.25) is 4.79 Å². The number of rotatable bonds is 8. The summed E-state index contributed by atoms with van der Waals surface area (Å²) >= 11 is 8.21. The van der Waals surface area contributed by atoms with Gasteiger partial charge in [0.05, 0.1) is 30.7 Å². The Labute approximate surface area is 263 Å². The SMILES string of the molecule is COC(=O)Cc1cccc(SC[C@@H]2CC[C@H]2CN2C[C@@]3(CCCc4cc(Cl)ccc43)COc3ccc(S(N)(=O)=O)cc32)c1. The molecular formula is C33H37ClN2O5S2. The molecule has 43 heavy (non-hydrogen) atoms. The second-order valence-corrected chi connectivity index (χ2v) is 15.2. The normalized spacial score (nSPS) is 23.0. The number of halogens is 1. The van der Waals surface area contributed by atoms with Gasteiger partial charge in [0.2, 0.25) is 10.0 Å². The molecule has 1 aliphatic heterocycles. The second-order valence-electron chi connectivity index (χ2n) is 12.1. The van der Waals surface area contributed by atoms with Gasteiger partial charge in [0, 0.05) is 34.2 Å². The van der Waals surface area contributed by atoms with Crippen molar-refractivity contribution in [3.8, 4) is 5.75 Å². The Hall–Kier alpha value is -2.72. The van der Waals surface area contributed by atoms with Gasteiger partial charge in [0.25, 0.3) is 0 Å². The standard InChI is InChI=1S/C33H37ClN2O5S2/c1-40-32(37)15-22-4-2-6-27(14-22)42-19-25-8-7-24(25)18-36-20-33(13-3-5-23-16-26(34)9-11-29(23)33)21-41-31-12-10-28(17-30(31)36)43(35,38)39/h2,4,6,9-12,14,16-17,24-25H,3,5,7-8,13,15,18-21H2,1H3,(H2,35,38,39)/t24-,25-,33-/m0/s1. The van der Waals surface area contributed by atoms with Crippen LogP contribution in [-0.2, 0) is 37.8 Å². The summed E-state index contributed by atoms with van der Waals surface area (Å²) in [5, 5.41) is 6.31. The topological polar surface area (TPSA) is 98.9 Å². The van der Waals surface area contributed by atoms with Gasteiger partial charge in [-0.15, -0.1) is 11.8 Å². The zero-order chi connectivity index (χ0) is 30.2. The van der Waals surface area contributed by atoms with Crippen molar-refractivity contribution < 1.29 is 22.7 Å². The van der Waals surface area contributed by atoms with Crippen molar-refractivity contribution >= 4 is 45.0 Å². The zero-order valence-electron chi connectivity index (χ0n) is 24.3. The minimum Gasteiger partial charge on any atom is -0.490 e. The summed E-state index contributed by atoms with van der Waals surface area (Å²) < 4.78 is 36.0. The lowest BCUT2D eigenvalue weighted by Crippen LogP contribution is -2.48. The number of primary sulfonamides is 1. The van der Waals surface area contributed by atoms with E-state index in [9.17, 15) is 13.2 Å². The third-order valence-electron chi connectivity index (χ3n) is 9.31. The predicted molar refractivity (Wildman–Crippen MR) is 171 cm³/mol. The first-order chi connectivity index (χ1) is 20.6. The van der Waals surface area contributed by atoms with Crippen molar-refractivity contribution in [1.29, 1.82) is 0 Å². The molecule has 3 aliphatic rings. The number of nitrogens with two attached hydrogens (primary N) is 1. The Kier molecular flexibility index (Phi) is 8.70. The molecule has 0 saturated heterocycles. The average molecular weight is 641 g/mol. The van der Waals surface area contributed by atoms with Gasteiger partial charge < -0.3 is 14.4 Å². The molecular weight excluding hydrogens is 604 g/mol. The molecule has 7 nitrogen and oxygen atoms in total. The predicted octanol–water partition coefficient (Wildman–Crippen LogP) is 5.99. The van der Waals surface area contributed by atoms with Crippen molar-refractivity contribution in [3.05, 3.63) is 82.4 Å². The number of anilines is 1. The second kappa shape index (κ2) is 12.3. The molecule has 1 fully saturated rings. The summed E-state index contributed by atoms with van der Waals surface area (Å²) in [5.41, 5.74) is 4.06. The third kappa shape index (κ3) is 6.55. The Morgan fingerprint density at radius 1 is 1.14 bits per heavy atom. The molecule has 3 aromatic carbocycles. The molecule has 6 rings (SSSR count). The molecule has 0 unspecified atom stereocenters. The van der Waals surface area contributed by atoms with Crippen molar-refractivity contribution in [1.82, 2.24) is 0 Å². The van der Waals surface area contributed by atoms with Crippen LogP contribution in [0.3, 0.4) is 0 Å². The number of sulfonamides is 1. The van der Waals surface area contributed by atoms with Crippen LogP contribution in [0.2, 0.25) is 5.02 Å². The van der Waals surface area contributed by atoms with E-state index in [0.717, 1.165) is 72.1 Å². The number of benzene rings is 3. The molecule has 0 aromatic heterocycles. The average Bonchev–Trinajstić information content (AvgIpc) is 3.12. The molecule has 0 amide bonds. The lowest BCUT2D eigenvalue weighted by Gasteiger charge is -2.44. The summed E-state index contributed by atoms with van der Waals surface area (Å²) in [4.78, 5) is 15.3. The lowest BCUT2D eigenvalue weighted by molar-refractivity contribution is -0.139. The van der Waals surface area contributed by atoms with Crippen LogP contribution in [0.15, 0.2) is 70.5 Å². The highest BCUT2D eigenvalue weighted by Gasteiger charge is 2.43. The van der Waals surface area contributed by atoms with Crippen LogP contribution in [-0.4, -0.2) is 46.9 Å². The minimum atomic E-state index is -3.87. The van der Waals surface area contributed by atoms with Crippen molar-refractivity contribution in [2.24, 2.45) is 17.0 Å². The Bertz CT molecular complexity index is 1630. The number of methoxy groups -OCH3 is 1. The number of ether oxygens (including phenoxy) is 2. The molecule has 3 aromatic rings. The van der Waals surface area contributed by atoms with Gasteiger partial charge in [-0.05, 0) is 103 Å². The van der Waals surface area contributed by atoms with E-state index in [4.69, 9.17) is 26.2 Å². The molecule has 1 spiro atoms. The van der Waals surface area contributed by atoms with Crippen LogP contribution < -0.4 is 14.8 Å². The highest BCUT2D eigenvalue weighted by atomic mass is 35.5. The maximum Gasteiger partial charge on any atom is 0.309 e. The number of fused-ring (bicyclic) bond motifs is 3.